The van der Waals surface area contributed by atoms with Crippen molar-refractivity contribution < 1.29 is 0 Å². The minimum Gasteiger partial charge on any atom is -0.274 e. The van der Waals surface area contributed by atoms with Gasteiger partial charge in [0.05, 0.1) is 11.0 Å². The van der Waals surface area contributed by atoms with Crippen LogP contribution in [-0.4, -0.2) is 19.4 Å². The Balaban J connectivity index is 1.39. The van der Waals surface area contributed by atoms with Gasteiger partial charge >= 0.3 is 0 Å². The van der Waals surface area contributed by atoms with Crippen LogP contribution in [0.2, 0.25) is 0 Å². The lowest BCUT2D eigenvalue weighted by Crippen LogP contribution is -1.97. The summed E-state index contributed by atoms with van der Waals surface area (Å²) in [5, 5.41) is 2.36. The highest BCUT2D eigenvalue weighted by Gasteiger charge is 2.30. The van der Waals surface area contributed by atoms with Crippen LogP contribution in [0.3, 0.4) is 0 Å². The molecule has 2 aliphatic carbocycles. The fourth-order valence-corrected chi connectivity index (χ4v) is 6.54. The van der Waals surface area contributed by atoms with Gasteiger partial charge in [0.1, 0.15) is 11.2 Å². The van der Waals surface area contributed by atoms with Gasteiger partial charge in [0.2, 0.25) is 0 Å². The number of pyridine rings is 3. The van der Waals surface area contributed by atoms with Crippen molar-refractivity contribution in [1.29, 1.82) is 0 Å². The van der Waals surface area contributed by atoms with Crippen molar-refractivity contribution in [2.75, 3.05) is 0 Å². The molecule has 0 saturated heterocycles. The Morgan fingerprint density at radius 2 is 1.37 bits per heavy atom. The van der Waals surface area contributed by atoms with Crippen molar-refractivity contribution in [2.24, 2.45) is 0 Å². The molecule has 2 aliphatic rings. The van der Waals surface area contributed by atoms with Crippen LogP contribution in [0.25, 0.3) is 60.9 Å². The van der Waals surface area contributed by atoms with E-state index in [1.54, 1.807) is 0 Å². The number of aromatic nitrogens is 4. The first-order chi connectivity index (χ1) is 17.4. The van der Waals surface area contributed by atoms with Gasteiger partial charge in [-0.25, -0.2) is 9.97 Å². The van der Waals surface area contributed by atoms with E-state index in [4.69, 9.17) is 9.97 Å². The Kier molecular flexibility index (Phi) is 3.11. The van der Waals surface area contributed by atoms with Gasteiger partial charge in [0.15, 0.2) is 5.65 Å². The molecule has 0 radical (unpaired) electrons. The Morgan fingerprint density at radius 1 is 0.600 bits per heavy atom. The van der Waals surface area contributed by atoms with Crippen molar-refractivity contribution in [3.63, 3.8) is 0 Å². The number of hydrogen-bond donors (Lipinski definition) is 0. The molecular formula is C31H18N4. The summed E-state index contributed by atoms with van der Waals surface area (Å²) in [5.41, 5.74) is 16.0. The first-order valence-corrected chi connectivity index (χ1v) is 12.1. The molecule has 4 heterocycles. The highest BCUT2D eigenvalue weighted by molar-refractivity contribution is 6.15. The summed E-state index contributed by atoms with van der Waals surface area (Å²) in [6.45, 7) is 0. The van der Waals surface area contributed by atoms with E-state index >= 15 is 0 Å². The minimum absolute atomic E-state index is 0.877. The summed E-state index contributed by atoms with van der Waals surface area (Å²) in [6.07, 6.45) is 5.68. The van der Waals surface area contributed by atoms with Gasteiger partial charge in [-0.2, -0.15) is 0 Å². The van der Waals surface area contributed by atoms with Crippen molar-refractivity contribution >= 4 is 38.6 Å². The van der Waals surface area contributed by atoms with E-state index in [0.717, 1.165) is 46.1 Å². The third kappa shape index (κ3) is 2.11. The molecule has 4 nitrogen and oxygen atoms in total. The van der Waals surface area contributed by atoms with E-state index < -0.39 is 0 Å². The molecule has 9 rings (SSSR count). The third-order valence-electron chi connectivity index (χ3n) is 7.98. The topological polar surface area (TPSA) is 43.1 Å². The molecule has 0 unspecified atom stereocenters. The maximum absolute atomic E-state index is 5.03. The standard InChI is InChI=1S/C31H18N4/c1-2-6-18-17(5-1)15-23-19(18)9-10-20-21-11-12-22-28(25(21)16-24(20)23)29-27(8-4-13-32-29)35-30(22)34-26-7-3-14-33-31(26)35/h1-14H,15-16H2. The van der Waals surface area contributed by atoms with Crippen LogP contribution in [0.5, 0.6) is 0 Å². The number of imidazole rings is 1. The zero-order valence-corrected chi connectivity index (χ0v) is 18.8. The quantitative estimate of drug-likeness (QED) is 0.243. The van der Waals surface area contributed by atoms with Gasteiger partial charge < -0.3 is 0 Å². The second-order valence-corrected chi connectivity index (χ2v) is 9.63. The normalized spacial score (nSPS) is 13.5. The smallest absolute Gasteiger partial charge is 0.165 e. The first-order valence-electron chi connectivity index (χ1n) is 12.1. The fraction of sp³-hybridized carbons (Fsp3) is 0.0645. The third-order valence-corrected chi connectivity index (χ3v) is 7.98. The summed E-state index contributed by atoms with van der Waals surface area (Å²) < 4.78 is 2.17. The molecule has 4 heteroatoms. The predicted octanol–water partition coefficient (Wildman–Crippen LogP) is 6.73. The Hall–Kier alpha value is -4.57. The molecule has 0 spiro atoms. The van der Waals surface area contributed by atoms with E-state index in [1.165, 1.54) is 49.9 Å². The Labute approximate surface area is 200 Å². The molecular weight excluding hydrogens is 428 g/mol. The molecule has 0 amide bonds. The average molecular weight is 447 g/mol. The monoisotopic (exact) mass is 446 g/mol. The van der Waals surface area contributed by atoms with Crippen molar-refractivity contribution in [3.05, 3.63) is 107 Å². The van der Waals surface area contributed by atoms with Crippen LogP contribution in [0.4, 0.5) is 0 Å². The number of benzene rings is 3. The summed E-state index contributed by atoms with van der Waals surface area (Å²) in [5.74, 6) is 0. The van der Waals surface area contributed by atoms with Gasteiger partial charge in [0.25, 0.3) is 0 Å². The Bertz CT molecular complexity index is 2070. The number of fused-ring (bicyclic) bond motifs is 16. The maximum atomic E-state index is 5.03. The summed E-state index contributed by atoms with van der Waals surface area (Å²) in [4.78, 5) is 14.6. The fourth-order valence-electron chi connectivity index (χ4n) is 6.54. The Morgan fingerprint density at radius 3 is 2.34 bits per heavy atom. The predicted molar refractivity (Wildman–Crippen MR) is 140 cm³/mol. The van der Waals surface area contributed by atoms with E-state index in [0.29, 0.717) is 0 Å². The highest BCUT2D eigenvalue weighted by Crippen LogP contribution is 2.49. The van der Waals surface area contributed by atoms with E-state index in [9.17, 15) is 0 Å². The van der Waals surface area contributed by atoms with Crippen molar-refractivity contribution in [1.82, 2.24) is 19.4 Å². The van der Waals surface area contributed by atoms with Crippen LogP contribution in [-0.2, 0) is 12.8 Å². The maximum Gasteiger partial charge on any atom is 0.165 e. The SMILES string of the molecule is c1ccc2c(c1)Cc1c-2ccc2c1Cc1c-2ccc2c1c1ncccc1n1c3ncccc3nc21. The lowest BCUT2D eigenvalue weighted by atomic mass is 9.96. The molecule has 0 bridgehead atoms. The lowest BCUT2D eigenvalue weighted by molar-refractivity contribution is 1.17. The van der Waals surface area contributed by atoms with Gasteiger partial charge in [-0.1, -0.05) is 42.5 Å². The average Bonchev–Trinajstić information content (AvgIpc) is 3.59. The van der Waals surface area contributed by atoms with Gasteiger partial charge in [-0.05, 0) is 87.7 Å². The summed E-state index contributed by atoms with van der Waals surface area (Å²) in [7, 11) is 0. The largest absolute Gasteiger partial charge is 0.274 e. The molecule has 7 aromatic rings. The lowest BCUT2D eigenvalue weighted by Gasteiger charge is -2.11. The van der Waals surface area contributed by atoms with E-state index in [2.05, 4.69) is 64.0 Å². The molecule has 0 saturated carbocycles. The number of nitrogens with zero attached hydrogens (tertiary/aromatic N) is 4. The molecule has 4 aromatic heterocycles. The van der Waals surface area contributed by atoms with Gasteiger partial charge in [-0.15, -0.1) is 0 Å². The first kappa shape index (κ1) is 17.8. The van der Waals surface area contributed by atoms with E-state index in [1.807, 2.05) is 30.6 Å². The molecule has 162 valence electrons. The van der Waals surface area contributed by atoms with Crippen LogP contribution in [0, 0.1) is 0 Å². The van der Waals surface area contributed by atoms with Crippen molar-refractivity contribution in [2.45, 2.75) is 12.8 Å². The molecule has 0 N–H and O–H groups in total. The van der Waals surface area contributed by atoms with Crippen LogP contribution in [0.1, 0.15) is 22.3 Å². The molecule has 0 atom stereocenters. The number of hydrogen-bond acceptors (Lipinski definition) is 3. The molecule has 0 aliphatic heterocycles. The van der Waals surface area contributed by atoms with Crippen molar-refractivity contribution in [3.8, 4) is 22.3 Å². The second kappa shape index (κ2) is 6.10. The molecule has 0 fully saturated rings. The summed E-state index contributed by atoms with van der Waals surface area (Å²) in [6, 6.07) is 26.1. The van der Waals surface area contributed by atoms with Crippen LogP contribution < -0.4 is 0 Å². The second-order valence-electron chi connectivity index (χ2n) is 9.63. The number of rotatable bonds is 0. The van der Waals surface area contributed by atoms with E-state index in [-0.39, 0.29) is 0 Å². The zero-order valence-electron chi connectivity index (χ0n) is 18.8. The van der Waals surface area contributed by atoms with Crippen LogP contribution in [0.15, 0.2) is 85.2 Å². The van der Waals surface area contributed by atoms with Gasteiger partial charge in [-0.3, -0.25) is 9.38 Å². The summed E-state index contributed by atoms with van der Waals surface area (Å²) >= 11 is 0. The van der Waals surface area contributed by atoms with Gasteiger partial charge in [0, 0.05) is 23.2 Å². The highest BCUT2D eigenvalue weighted by atomic mass is 15.1. The molecule has 3 aromatic carbocycles. The van der Waals surface area contributed by atoms with Crippen LogP contribution >= 0.6 is 0 Å². The minimum atomic E-state index is 0.877. The molecule has 35 heavy (non-hydrogen) atoms. The zero-order chi connectivity index (χ0) is 22.7.